The van der Waals surface area contributed by atoms with E-state index in [9.17, 15) is 0 Å². The Morgan fingerprint density at radius 2 is 2.10 bits per heavy atom. The number of hydrogen-bond donors (Lipinski definition) is 1. The molecule has 2 aromatic carbocycles. The van der Waals surface area contributed by atoms with Crippen molar-refractivity contribution in [2.75, 3.05) is 20.3 Å². The van der Waals surface area contributed by atoms with Gasteiger partial charge >= 0.3 is 0 Å². The predicted molar refractivity (Wildman–Crippen MR) is 93.3 cm³/mol. The van der Waals surface area contributed by atoms with Gasteiger partial charge in [0.1, 0.15) is 0 Å². The Kier molecular flexibility index (Phi) is 7.07. The van der Waals surface area contributed by atoms with Crippen molar-refractivity contribution < 1.29 is 4.74 Å². The molecule has 5 heteroatoms. The normalized spacial score (nSPS) is 10.8. The average molecular weight is 387 g/mol. The van der Waals surface area contributed by atoms with Crippen molar-refractivity contribution in [2.24, 2.45) is 0 Å². The van der Waals surface area contributed by atoms with Gasteiger partial charge in [0.05, 0.1) is 6.61 Å². The Balaban J connectivity index is 2.10. The van der Waals surface area contributed by atoms with E-state index < -0.39 is 0 Å². The second kappa shape index (κ2) is 8.81. The number of rotatable bonds is 7. The minimum atomic E-state index is 0.713. The van der Waals surface area contributed by atoms with Crippen molar-refractivity contribution in [3.05, 3.63) is 57.5 Å². The Bertz CT molecular complexity index is 594. The first-order valence-corrected chi connectivity index (χ1v) is 8.59. The maximum absolute atomic E-state index is 6.05. The molecule has 0 aliphatic rings. The van der Waals surface area contributed by atoms with Gasteiger partial charge in [-0.1, -0.05) is 45.4 Å². The number of hydrogen-bond acceptors (Lipinski definition) is 3. The molecule has 2 aromatic rings. The minimum Gasteiger partial charge on any atom is -0.383 e. The molecule has 0 saturated heterocycles. The smallest absolute Gasteiger partial charge is 0.0587 e. The van der Waals surface area contributed by atoms with Crippen LogP contribution < -0.4 is 5.32 Å². The summed E-state index contributed by atoms with van der Waals surface area (Å²) in [6.45, 7) is 2.36. The monoisotopic (exact) mass is 385 g/mol. The number of ether oxygens (including phenoxy) is 1. The molecule has 0 fully saturated rings. The molecule has 0 atom stereocenters. The largest absolute Gasteiger partial charge is 0.383 e. The fraction of sp³-hybridized carbons (Fsp3) is 0.250. The lowest BCUT2D eigenvalue weighted by Crippen LogP contribution is -2.18. The topological polar surface area (TPSA) is 21.3 Å². The first kappa shape index (κ1) is 16.8. The van der Waals surface area contributed by atoms with Crippen LogP contribution in [-0.4, -0.2) is 20.3 Å². The molecule has 0 spiro atoms. The lowest BCUT2D eigenvalue weighted by Gasteiger charge is -2.11. The number of halogens is 2. The highest BCUT2D eigenvalue weighted by atomic mass is 79.9. The summed E-state index contributed by atoms with van der Waals surface area (Å²) in [7, 11) is 1.71. The Morgan fingerprint density at radius 1 is 1.24 bits per heavy atom. The predicted octanol–water partition coefficient (Wildman–Crippen LogP) is 4.99. The van der Waals surface area contributed by atoms with Crippen LogP contribution in [0.3, 0.4) is 0 Å². The molecule has 0 heterocycles. The van der Waals surface area contributed by atoms with Crippen molar-refractivity contribution in [3.8, 4) is 0 Å². The lowest BCUT2D eigenvalue weighted by molar-refractivity contribution is 0.199. The standard InChI is InChI=1S/C16H17BrClNOS/c1-20-8-7-19-11-12-9-13(17)5-6-16(12)21-15-4-2-3-14(18)10-15/h2-6,9-10,19H,7-8,11H2,1H3. The third kappa shape index (κ3) is 5.64. The molecule has 1 N–H and O–H groups in total. The molecule has 0 unspecified atom stereocenters. The summed E-state index contributed by atoms with van der Waals surface area (Å²) in [5.74, 6) is 0. The van der Waals surface area contributed by atoms with Crippen LogP contribution in [0.1, 0.15) is 5.56 Å². The number of nitrogens with one attached hydrogen (secondary N) is 1. The van der Waals surface area contributed by atoms with E-state index in [-0.39, 0.29) is 0 Å². The van der Waals surface area contributed by atoms with Gasteiger partial charge in [0.2, 0.25) is 0 Å². The number of methoxy groups -OCH3 is 1. The molecule has 2 nitrogen and oxygen atoms in total. The zero-order chi connectivity index (χ0) is 15.1. The fourth-order valence-corrected chi connectivity index (χ4v) is 3.49. The molecule has 0 radical (unpaired) electrons. The van der Waals surface area contributed by atoms with Crippen LogP contribution in [-0.2, 0) is 11.3 Å². The summed E-state index contributed by atoms with van der Waals surface area (Å²) in [6.07, 6.45) is 0. The van der Waals surface area contributed by atoms with Crippen LogP contribution >= 0.6 is 39.3 Å². The van der Waals surface area contributed by atoms with E-state index in [0.717, 1.165) is 27.5 Å². The summed E-state index contributed by atoms with van der Waals surface area (Å²) in [6, 6.07) is 14.2. The minimum absolute atomic E-state index is 0.713. The zero-order valence-electron chi connectivity index (χ0n) is 11.7. The second-order valence-electron chi connectivity index (χ2n) is 4.48. The molecule has 21 heavy (non-hydrogen) atoms. The van der Waals surface area contributed by atoms with Gasteiger partial charge in [-0.3, -0.25) is 0 Å². The van der Waals surface area contributed by atoms with Crippen LogP contribution in [0.4, 0.5) is 0 Å². The van der Waals surface area contributed by atoms with Gasteiger partial charge in [-0.2, -0.15) is 0 Å². The first-order chi connectivity index (χ1) is 10.2. The Morgan fingerprint density at radius 3 is 2.86 bits per heavy atom. The van der Waals surface area contributed by atoms with Gasteiger partial charge in [-0.15, -0.1) is 0 Å². The van der Waals surface area contributed by atoms with Crippen molar-refractivity contribution in [1.29, 1.82) is 0 Å². The molecule has 112 valence electrons. The molecule has 2 rings (SSSR count). The van der Waals surface area contributed by atoms with Crippen molar-refractivity contribution >= 4 is 39.3 Å². The van der Waals surface area contributed by atoms with Gasteiger partial charge in [0, 0.05) is 39.5 Å². The Hall–Kier alpha value is -0.520. The highest BCUT2D eigenvalue weighted by Crippen LogP contribution is 2.33. The molecular weight excluding hydrogens is 370 g/mol. The Labute approximate surface area is 143 Å². The molecular formula is C16H17BrClNOS. The van der Waals surface area contributed by atoms with Crippen molar-refractivity contribution in [3.63, 3.8) is 0 Å². The van der Waals surface area contributed by atoms with Gasteiger partial charge in [0.15, 0.2) is 0 Å². The molecule has 0 aliphatic heterocycles. The van der Waals surface area contributed by atoms with Gasteiger partial charge in [-0.25, -0.2) is 0 Å². The second-order valence-corrected chi connectivity index (χ2v) is 6.95. The van der Waals surface area contributed by atoms with E-state index >= 15 is 0 Å². The zero-order valence-corrected chi connectivity index (χ0v) is 14.9. The summed E-state index contributed by atoms with van der Waals surface area (Å²) in [4.78, 5) is 2.37. The van der Waals surface area contributed by atoms with Crippen LogP contribution in [0.2, 0.25) is 5.02 Å². The van der Waals surface area contributed by atoms with Crippen LogP contribution in [0.5, 0.6) is 0 Å². The number of benzene rings is 2. The van der Waals surface area contributed by atoms with E-state index in [1.54, 1.807) is 18.9 Å². The van der Waals surface area contributed by atoms with E-state index in [1.807, 2.05) is 18.2 Å². The fourth-order valence-electron chi connectivity index (χ4n) is 1.84. The molecule has 0 aromatic heterocycles. The average Bonchev–Trinajstić information content (AvgIpc) is 2.46. The molecule has 0 bridgehead atoms. The maximum Gasteiger partial charge on any atom is 0.0587 e. The van der Waals surface area contributed by atoms with Crippen LogP contribution in [0.25, 0.3) is 0 Å². The third-order valence-electron chi connectivity index (χ3n) is 2.84. The quantitative estimate of drug-likeness (QED) is 0.677. The van der Waals surface area contributed by atoms with E-state index in [4.69, 9.17) is 16.3 Å². The molecule has 0 amide bonds. The SMILES string of the molecule is COCCNCc1cc(Br)ccc1Sc1cccc(Cl)c1. The lowest BCUT2D eigenvalue weighted by atomic mass is 10.2. The van der Waals surface area contributed by atoms with Gasteiger partial charge in [-0.05, 0) is 42.0 Å². The van der Waals surface area contributed by atoms with E-state index in [1.165, 1.54) is 10.5 Å². The van der Waals surface area contributed by atoms with Crippen molar-refractivity contribution in [1.82, 2.24) is 5.32 Å². The van der Waals surface area contributed by atoms with Crippen LogP contribution in [0.15, 0.2) is 56.7 Å². The highest BCUT2D eigenvalue weighted by Gasteiger charge is 2.06. The van der Waals surface area contributed by atoms with E-state index in [0.29, 0.717) is 6.61 Å². The maximum atomic E-state index is 6.05. The highest BCUT2D eigenvalue weighted by molar-refractivity contribution is 9.10. The summed E-state index contributed by atoms with van der Waals surface area (Å²) < 4.78 is 6.14. The van der Waals surface area contributed by atoms with Crippen LogP contribution in [0, 0.1) is 0 Å². The molecule has 0 aliphatic carbocycles. The summed E-state index contributed by atoms with van der Waals surface area (Å²) in [5.41, 5.74) is 1.26. The van der Waals surface area contributed by atoms with Gasteiger partial charge < -0.3 is 10.1 Å². The molecule has 0 saturated carbocycles. The van der Waals surface area contributed by atoms with Gasteiger partial charge in [0.25, 0.3) is 0 Å². The van der Waals surface area contributed by atoms with E-state index in [2.05, 4.69) is 45.5 Å². The summed E-state index contributed by atoms with van der Waals surface area (Å²) >= 11 is 11.3. The third-order valence-corrected chi connectivity index (χ3v) is 4.68. The summed E-state index contributed by atoms with van der Waals surface area (Å²) in [5, 5.41) is 4.14. The van der Waals surface area contributed by atoms with Crippen molar-refractivity contribution in [2.45, 2.75) is 16.3 Å². The first-order valence-electron chi connectivity index (χ1n) is 6.60.